The Labute approximate surface area is 147 Å². The minimum Gasteiger partial charge on any atom is -0.339 e. The third kappa shape index (κ3) is 3.07. The lowest BCUT2D eigenvalue weighted by Gasteiger charge is -2.15. The topological polar surface area (TPSA) is 38.1 Å². The summed E-state index contributed by atoms with van der Waals surface area (Å²) in [6.07, 6.45) is 2.22. The Morgan fingerprint density at radius 1 is 0.960 bits per heavy atom. The van der Waals surface area contributed by atoms with Gasteiger partial charge in [-0.3, -0.25) is 4.79 Å². The van der Waals surface area contributed by atoms with E-state index < -0.39 is 0 Å². The van der Waals surface area contributed by atoms with E-state index in [0.717, 1.165) is 54.1 Å². The number of nitrogens with zero attached hydrogens (tertiary/aromatic N) is 3. The van der Waals surface area contributed by atoms with Crippen molar-refractivity contribution in [1.82, 2.24) is 14.7 Å². The van der Waals surface area contributed by atoms with E-state index in [1.165, 1.54) is 0 Å². The van der Waals surface area contributed by atoms with Crippen LogP contribution in [-0.2, 0) is 0 Å². The highest BCUT2D eigenvalue weighted by Crippen LogP contribution is 2.24. The highest BCUT2D eigenvalue weighted by molar-refractivity contribution is 5.94. The third-order valence-electron chi connectivity index (χ3n) is 4.65. The van der Waals surface area contributed by atoms with Crippen molar-refractivity contribution in [1.29, 1.82) is 0 Å². The van der Waals surface area contributed by atoms with Gasteiger partial charge in [0.2, 0.25) is 0 Å². The van der Waals surface area contributed by atoms with E-state index in [0.29, 0.717) is 0 Å². The maximum atomic E-state index is 12.5. The second-order valence-corrected chi connectivity index (χ2v) is 6.49. The molecule has 1 saturated heterocycles. The Kier molecular flexibility index (Phi) is 4.10. The first kappa shape index (κ1) is 15.6. The maximum absolute atomic E-state index is 12.5. The first-order valence-corrected chi connectivity index (χ1v) is 8.74. The van der Waals surface area contributed by atoms with Crippen molar-refractivity contribution in [2.75, 3.05) is 13.1 Å². The van der Waals surface area contributed by atoms with Crippen LogP contribution in [-0.4, -0.2) is 33.7 Å². The fourth-order valence-electron chi connectivity index (χ4n) is 3.36. The van der Waals surface area contributed by atoms with Crippen LogP contribution in [0.2, 0.25) is 0 Å². The van der Waals surface area contributed by atoms with Crippen LogP contribution in [0.15, 0.2) is 60.7 Å². The van der Waals surface area contributed by atoms with E-state index in [4.69, 9.17) is 0 Å². The lowest BCUT2D eigenvalue weighted by atomic mass is 10.1. The Hall–Kier alpha value is -2.88. The van der Waals surface area contributed by atoms with Crippen molar-refractivity contribution in [2.24, 2.45) is 0 Å². The number of carbonyl (C=O) groups excluding carboxylic acids is 1. The Bertz CT molecular complexity index is 875. The van der Waals surface area contributed by atoms with Gasteiger partial charge >= 0.3 is 0 Å². The SMILES string of the molecule is Cc1cc(-c2ccccc2)n(-c2ccc(C(=O)N3CCCC3)cc2)n1. The normalized spacial score (nSPS) is 14.0. The molecule has 0 atom stereocenters. The number of hydrogen-bond acceptors (Lipinski definition) is 2. The van der Waals surface area contributed by atoms with E-state index >= 15 is 0 Å². The molecule has 0 unspecified atom stereocenters. The quantitative estimate of drug-likeness (QED) is 0.725. The van der Waals surface area contributed by atoms with Crippen molar-refractivity contribution in [3.8, 4) is 16.9 Å². The molecule has 0 bridgehead atoms. The van der Waals surface area contributed by atoms with Gasteiger partial charge in [0.15, 0.2) is 0 Å². The van der Waals surface area contributed by atoms with Crippen LogP contribution in [0.1, 0.15) is 28.9 Å². The van der Waals surface area contributed by atoms with E-state index in [9.17, 15) is 4.79 Å². The summed E-state index contributed by atoms with van der Waals surface area (Å²) in [5.74, 6) is 0.129. The molecule has 0 radical (unpaired) electrons. The molecule has 0 spiro atoms. The standard InChI is InChI=1S/C21H21N3O/c1-16-15-20(17-7-3-2-4-8-17)24(22-16)19-11-9-18(10-12-19)21(25)23-13-5-6-14-23/h2-4,7-12,15H,5-6,13-14H2,1H3. The summed E-state index contributed by atoms with van der Waals surface area (Å²) >= 11 is 0. The van der Waals surface area contributed by atoms with Crippen LogP contribution in [0.5, 0.6) is 0 Å². The van der Waals surface area contributed by atoms with Crippen LogP contribution in [0.4, 0.5) is 0 Å². The second-order valence-electron chi connectivity index (χ2n) is 6.49. The number of hydrogen-bond donors (Lipinski definition) is 0. The molecule has 0 aliphatic carbocycles. The molecule has 126 valence electrons. The van der Waals surface area contributed by atoms with Gasteiger partial charge < -0.3 is 4.90 Å². The molecular weight excluding hydrogens is 310 g/mol. The molecule has 4 heteroatoms. The van der Waals surface area contributed by atoms with Gasteiger partial charge in [-0.2, -0.15) is 5.10 Å². The van der Waals surface area contributed by atoms with E-state index in [1.54, 1.807) is 0 Å². The van der Waals surface area contributed by atoms with E-state index in [1.807, 2.05) is 59.0 Å². The molecule has 4 rings (SSSR count). The smallest absolute Gasteiger partial charge is 0.253 e. The molecule has 1 aliphatic rings. The summed E-state index contributed by atoms with van der Waals surface area (Å²) in [6.45, 7) is 3.74. The third-order valence-corrected chi connectivity index (χ3v) is 4.65. The zero-order valence-electron chi connectivity index (χ0n) is 14.4. The van der Waals surface area contributed by atoms with Crippen LogP contribution < -0.4 is 0 Å². The molecule has 1 aromatic heterocycles. The first-order chi connectivity index (χ1) is 12.2. The van der Waals surface area contributed by atoms with Crippen LogP contribution in [0, 0.1) is 6.92 Å². The van der Waals surface area contributed by atoms with Crippen LogP contribution in [0.25, 0.3) is 16.9 Å². The minimum absolute atomic E-state index is 0.129. The molecule has 2 aromatic carbocycles. The fourth-order valence-corrected chi connectivity index (χ4v) is 3.36. The average molecular weight is 331 g/mol. The highest BCUT2D eigenvalue weighted by atomic mass is 16.2. The minimum atomic E-state index is 0.129. The Morgan fingerprint density at radius 2 is 1.64 bits per heavy atom. The molecule has 1 fully saturated rings. The second kappa shape index (κ2) is 6.55. The van der Waals surface area contributed by atoms with Gasteiger partial charge in [-0.05, 0) is 50.1 Å². The van der Waals surface area contributed by atoms with Crippen molar-refractivity contribution in [3.05, 3.63) is 71.9 Å². The summed E-state index contributed by atoms with van der Waals surface area (Å²) in [5.41, 5.74) is 4.86. The summed E-state index contributed by atoms with van der Waals surface area (Å²) in [5, 5.41) is 4.63. The molecule has 1 amide bonds. The molecular formula is C21H21N3O. The van der Waals surface area contributed by atoms with E-state index in [2.05, 4.69) is 23.3 Å². The van der Waals surface area contributed by atoms with Gasteiger partial charge in [0.1, 0.15) is 0 Å². The van der Waals surface area contributed by atoms with Crippen molar-refractivity contribution >= 4 is 5.91 Å². The number of aromatic nitrogens is 2. The largest absolute Gasteiger partial charge is 0.339 e. The van der Waals surface area contributed by atoms with Crippen molar-refractivity contribution in [3.63, 3.8) is 0 Å². The molecule has 3 aromatic rings. The molecule has 2 heterocycles. The zero-order chi connectivity index (χ0) is 17.2. The van der Waals surface area contributed by atoms with Gasteiger partial charge in [0, 0.05) is 24.2 Å². The lowest BCUT2D eigenvalue weighted by molar-refractivity contribution is 0.0793. The van der Waals surface area contributed by atoms with Gasteiger partial charge in [-0.15, -0.1) is 0 Å². The first-order valence-electron chi connectivity index (χ1n) is 8.74. The van der Waals surface area contributed by atoms with Gasteiger partial charge in [-0.1, -0.05) is 30.3 Å². The monoisotopic (exact) mass is 331 g/mol. The highest BCUT2D eigenvalue weighted by Gasteiger charge is 2.19. The van der Waals surface area contributed by atoms with Crippen molar-refractivity contribution < 1.29 is 4.79 Å². The van der Waals surface area contributed by atoms with Crippen molar-refractivity contribution in [2.45, 2.75) is 19.8 Å². The zero-order valence-corrected chi connectivity index (χ0v) is 14.4. The van der Waals surface area contributed by atoms with Gasteiger partial charge in [0.05, 0.1) is 17.1 Å². The Balaban J connectivity index is 1.66. The van der Waals surface area contributed by atoms with Gasteiger partial charge in [0.25, 0.3) is 5.91 Å². The molecule has 4 nitrogen and oxygen atoms in total. The summed E-state index contributed by atoms with van der Waals surface area (Å²) in [6, 6.07) is 20.1. The number of aryl methyl sites for hydroxylation is 1. The van der Waals surface area contributed by atoms with Gasteiger partial charge in [-0.25, -0.2) is 4.68 Å². The van der Waals surface area contributed by atoms with Crippen LogP contribution >= 0.6 is 0 Å². The number of carbonyl (C=O) groups is 1. The predicted molar refractivity (Wildman–Crippen MR) is 98.9 cm³/mol. The fraction of sp³-hybridized carbons (Fsp3) is 0.238. The molecule has 25 heavy (non-hydrogen) atoms. The molecule has 1 aliphatic heterocycles. The van der Waals surface area contributed by atoms with Crippen LogP contribution in [0.3, 0.4) is 0 Å². The maximum Gasteiger partial charge on any atom is 0.253 e. The number of rotatable bonds is 3. The Morgan fingerprint density at radius 3 is 2.32 bits per heavy atom. The molecule has 0 N–H and O–H groups in total. The lowest BCUT2D eigenvalue weighted by Crippen LogP contribution is -2.27. The summed E-state index contributed by atoms with van der Waals surface area (Å²) < 4.78 is 1.94. The summed E-state index contributed by atoms with van der Waals surface area (Å²) in [4.78, 5) is 14.4. The number of benzene rings is 2. The molecule has 0 saturated carbocycles. The summed E-state index contributed by atoms with van der Waals surface area (Å²) in [7, 11) is 0. The number of amides is 1. The predicted octanol–water partition coefficient (Wildman–Crippen LogP) is 4.08. The van der Waals surface area contributed by atoms with E-state index in [-0.39, 0.29) is 5.91 Å². The number of likely N-dealkylation sites (tertiary alicyclic amines) is 1. The average Bonchev–Trinajstić information content (AvgIpc) is 3.32.